The highest BCUT2D eigenvalue weighted by Gasteiger charge is 2.43. The first-order chi connectivity index (χ1) is 13.6. The van der Waals surface area contributed by atoms with Gasteiger partial charge in [-0.15, -0.1) is 0 Å². The number of phenols is 1. The number of nitrogens with one attached hydrogen (secondary N) is 1. The van der Waals surface area contributed by atoms with Gasteiger partial charge in [0.1, 0.15) is 17.7 Å². The van der Waals surface area contributed by atoms with Gasteiger partial charge in [-0.1, -0.05) is 0 Å². The van der Waals surface area contributed by atoms with Crippen LogP contribution in [-0.4, -0.2) is 51.4 Å². The Kier molecular flexibility index (Phi) is 4.12. The molecule has 6 nitrogen and oxygen atoms in total. The van der Waals surface area contributed by atoms with Crippen LogP contribution in [0.4, 0.5) is 10.2 Å². The minimum atomic E-state index is -0.914. The average Bonchev–Trinajstić information content (AvgIpc) is 3.13. The second-order valence-electron chi connectivity index (χ2n) is 7.76. The van der Waals surface area contributed by atoms with Crippen molar-refractivity contribution in [3.63, 3.8) is 0 Å². The first-order valence-electron chi connectivity index (χ1n) is 9.62. The van der Waals surface area contributed by atoms with Gasteiger partial charge in [0, 0.05) is 42.5 Å². The second-order valence-corrected chi connectivity index (χ2v) is 7.76. The zero-order valence-corrected chi connectivity index (χ0v) is 15.6. The molecule has 3 aromatic rings. The number of rotatable bonds is 3. The molecule has 2 bridgehead atoms. The molecule has 0 saturated carbocycles. The number of piperidine rings is 1. The van der Waals surface area contributed by atoms with Crippen LogP contribution in [0, 0.1) is 0 Å². The fourth-order valence-corrected chi connectivity index (χ4v) is 4.49. The molecule has 28 heavy (non-hydrogen) atoms. The van der Waals surface area contributed by atoms with Gasteiger partial charge >= 0.3 is 0 Å². The Bertz CT molecular complexity index is 1010. The Labute approximate surface area is 162 Å². The number of hydrogen-bond acceptors (Lipinski definition) is 6. The molecule has 2 fully saturated rings. The van der Waals surface area contributed by atoms with Crippen molar-refractivity contribution in [2.45, 2.75) is 43.6 Å². The summed E-state index contributed by atoms with van der Waals surface area (Å²) in [7, 11) is 1.88. The van der Waals surface area contributed by atoms with E-state index >= 15 is 0 Å². The Morgan fingerprint density at radius 3 is 2.86 bits per heavy atom. The molecule has 0 amide bonds. The number of aromatic nitrogens is 3. The molecule has 2 aromatic heterocycles. The van der Waals surface area contributed by atoms with E-state index < -0.39 is 6.17 Å². The van der Waals surface area contributed by atoms with Crippen LogP contribution in [0.25, 0.3) is 22.0 Å². The predicted molar refractivity (Wildman–Crippen MR) is 106 cm³/mol. The third-order valence-corrected chi connectivity index (χ3v) is 6.08. The summed E-state index contributed by atoms with van der Waals surface area (Å²) in [6, 6.07) is 5.59. The number of nitrogens with zero attached hydrogens (tertiary/aromatic N) is 4. The monoisotopic (exact) mass is 379 g/mol. The zero-order valence-electron chi connectivity index (χ0n) is 15.6. The van der Waals surface area contributed by atoms with Gasteiger partial charge < -0.3 is 15.3 Å². The minimum Gasteiger partial charge on any atom is -0.507 e. The van der Waals surface area contributed by atoms with Crippen LogP contribution in [-0.2, 0) is 0 Å². The first-order valence-corrected chi connectivity index (χ1v) is 9.62. The molecule has 5 rings (SSSR count). The molecular formula is C21H22FN5O. The highest BCUT2D eigenvalue weighted by Crippen LogP contribution is 2.34. The molecule has 4 heterocycles. The van der Waals surface area contributed by atoms with Gasteiger partial charge in [-0.05, 0) is 42.8 Å². The summed E-state index contributed by atoms with van der Waals surface area (Å²) < 4.78 is 14.8. The fourth-order valence-electron chi connectivity index (χ4n) is 4.49. The Morgan fingerprint density at radius 2 is 2.04 bits per heavy atom. The lowest BCUT2D eigenvalue weighted by Gasteiger charge is -2.38. The number of aromatic hydroxyl groups is 1. The molecule has 2 unspecified atom stereocenters. The summed E-state index contributed by atoms with van der Waals surface area (Å²) in [5.41, 5.74) is 1.19. The lowest BCUT2D eigenvalue weighted by molar-refractivity contribution is 0.176. The van der Waals surface area contributed by atoms with E-state index in [0.717, 1.165) is 30.0 Å². The van der Waals surface area contributed by atoms with Crippen LogP contribution in [0.1, 0.15) is 19.3 Å². The lowest BCUT2D eigenvalue weighted by atomic mass is 9.96. The Morgan fingerprint density at radius 1 is 1.14 bits per heavy atom. The number of alkyl halides is 1. The zero-order chi connectivity index (χ0) is 19.3. The van der Waals surface area contributed by atoms with Crippen molar-refractivity contribution < 1.29 is 9.50 Å². The third kappa shape index (κ3) is 2.86. The molecule has 144 valence electrons. The normalized spacial score (nSPS) is 26.5. The van der Waals surface area contributed by atoms with E-state index in [1.165, 1.54) is 0 Å². The molecule has 2 aliphatic heterocycles. The van der Waals surface area contributed by atoms with Gasteiger partial charge in [0.05, 0.1) is 24.1 Å². The van der Waals surface area contributed by atoms with Crippen LogP contribution in [0.3, 0.4) is 0 Å². The average molecular weight is 379 g/mol. The standard InChI is InChI=1S/C21H22FN5O/c1-27(18-8-14-2-3-16(26-14)21(18)22)20-11-24-17(10-25-20)15-6-12-4-5-23-9-13(12)7-19(15)28/h4-7,9-11,14,16,18,21,26,28H,2-3,8H2,1H3/t14?,16?,18-,21+/m0/s1. The summed E-state index contributed by atoms with van der Waals surface area (Å²) in [6.07, 6.45) is 8.52. The van der Waals surface area contributed by atoms with E-state index in [2.05, 4.69) is 20.3 Å². The molecule has 2 aliphatic rings. The van der Waals surface area contributed by atoms with Gasteiger partial charge in [-0.3, -0.25) is 9.97 Å². The summed E-state index contributed by atoms with van der Waals surface area (Å²) in [6.45, 7) is 0. The van der Waals surface area contributed by atoms with Gasteiger partial charge in [0.2, 0.25) is 0 Å². The van der Waals surface area contributed by atoms with Crippen LogP contribution in [0.15, 0.2) is 43.0 Å². The van der Waals surface area contributed by atoms with Crippen LogP contribution >= 0.6 is 0 Å². The molecule has 2 saturated heterocycles. The van der Waals surface area contributed by atoms with Crippen molar-refractivity contribution in [1.82, 2.24) is 20.3 Å². The number of hydrogen-bond donors (Lipinski definition) is 2. The molecule has 1 aromatic carbocycles. The van der Waals surface area contributed by atoms with E-state index in [0.29, 0.717) is 23.1 Å². The van der Waals surface area contributed by atoms with Crippen molar-refractivity contribution in [2.75, 3.05) is 11.9 Å². The van der Waals surface area contributed by atoms with Crippen LogP contribution in [0.2, 0.25) is 0 Å². The number of benzene rings is 1. The Hall–Kier alpha value is -2.80. The molecule has 0 spiro atoms. The number of phenolic OH excluding ortho intramolecular Hbond substituents is 1. The molecule has 0 aliphatic carbocycles. The largest absolute Gasteiger partial charge is 0.507 e. The second kappa shape index (κ2) is 6.67. The van der Waals surface area contributed by atoms with E-state index in [9.17, 15) is 9.50 Å². The van der Waals surface area contributed by atoms with Crippen molar-refractivity contribution >= 4 is 16.6 Å². The third-order valence-electron chi connectivity index (χ3n) is 6.08. The van der Waals surface area contributed by atoms with E-state index in [4.69, 9.17) is 0 Å². The van der Waals surface area contributed by atoms with E-state index in [1.807, 2.05) is 24.1 Å². The van der Waals surface area contributed by atoms with Crippen molar-refractivity contribution in [2.24, 2.45) is 0 Å². The van der Waals surface area contributed by atoms with E-state index in [1.54, 1.807) is 30.9 Å². The summed E-state index contributed by atoms with van der Waals surface area (Å²) in [4.78, 5) is 15.0. The first kappa shape index (κ1) is 17.3. The predicted octanol–water partition coefficient (Wildman–Crippen LogP) is 3.06. The quantitative estimate of drug-likeness (QED) is 0.729. The van der Waals surface area contributed by atoms with Crippen LogP contribution < -0.4 is 10.2 Å². The molecule has 2 N–H and O–H groups in total. The summed E-state index contributed by atoms with van der Waals surface area (Å²) >= 11 is 0. The Balaban J connectivity index is 1.42. The number of fused-ring (bicyclic) bond motifs is 3. The fraction of sp³-hybridized carbons (Fsp3) is 0.381. The maximum absolute atomic E-state index is 14.8. The lowest BCUT2D eigenvalue weighted by Crippen LogP contribution is -2.55. The summed E-state index contributed by atoms with van der Waals surface area (Å²) in [5.74, 6) is 0.775. The molecule has 4 atom stereocenters. The maximum atomic E-state index is 14.8. The smallest absolute Gasteiger partial charge is 0.147 e. The number of anilines is 1. The van der Waals surface area contributed by atoms with Gasteiger partial charge in [-0.25, -0.2) is 9.37 Å². The number of halogens is 1. The molecule has 0 radical (unpaired) electrons. The molecular weight excluding hydrogens is 357 g/mol. The SMILES string of the molecule is CN(c1cnc(-c2cc3ccncc3cc2O)cn1)[C@H]1CC2CCC(N2)[C@H]1F. The number of pyridine rings is 1. The van der Waals surface area contributed by atoms with E-state index in [-0.39, 0.29) is 17.8 Å². The topological polar surface area (TPSA) is 74.2 Å². The maximum Gasteiger partial charge on any atom is 0.147 e. The highest BCUT2D eigenvalue weighted by atomic mass is 19.1. The van der Waals surface area contributed by atoms with Crippen LogP contribution in [0.5, 0.6) is 5.75 Å². The van der Waals surface area contributed by atoms with Gasteiger partial charge in [0.15, 0.2) is 0 Å². The van der Waals surface area contributed by atoms with Gasteiger partial charge in [-0.2, -0.15) is 0 Å². The minimum absolute atomic E-state index is 0.0533. The van der Waals surface area contributed by atoms with Crippen molar-refractivity contribution in [3.8, 4) is 17.0 Å². The molecule has 7 heteroatoms. The van der Waals surface area contributed by atoms with Gasteiger partial charge in [0.25, 0.3) is 0 Å². The van der Waals surface area contributed by atoms with Crippen molar-refractivity contribution in [3.05, 3.63) is 43.0 Å². The summed E-state index contributed by atoms with van der Waals surface area (Å²) in [5, 5.41) is 15.6. The highest BCUT2D eigenvalue weighted by molar-refractivity contribution is 5.89. The van der Waals surface area contributed by atoms with Crippen molar-refractivity contribution in [1.29, 1.82) is 0 Å².